The van der Waals surface area contributed by atoms with Crippen molar-refractivity contribution < 1.29 is 0 Å². The van der Waals surface area contributed by atoms with Gasteiger partial charge in [0, 0.05) is 23.7 Å². The monoisotopic (exact) mass is 195 g/mol. The number of anilines is 1. The van der Waals surface area contributed by atoms with E-state index in [-0.39, 0.29) is 0 Å². The maximum Gasteiger partial charge on any atom is 0.0381 e. The Morgan fingerprint density at radius 2 is 2.08 bits per heavy atom. The smallest absolute Gasteiger partial charge is 0.0381 e. The Morgan fingerprint density at radius 1 is 1.38 bits per heavy atom. The number of para-hydroxylation sites is 1. The van der Waals surface area contributed by atoms with Gasteiger partial charge in [-0.25, -0.2) is 0 Å². The number of hydrogen-bond acceptors (Lipinski definition) is 1. The van der Waals surface area contributed by atoms with Gasteiger partial charge in [0.05, 0.1) is 0 Å². The van der Waals surface area contributed by atoms with Crippen LogP contribution in [0.2, 0.25) is 0 Å². The van der Waals surface area contributed by atoms with Crippen molar-refractivity contribution in [3.8, 4) is 0 Å². The van der Waals surface area contributed by atoms with Gasteiger partial charge in [-0.15, -0.1) is 11.6 Å². The molecular formula is C11H14ClN. The molecule has 0 aliphatic carbocycles. The topological polar surface area (TPSA) is 12.0 Å². The molecule has 0 fully saturated rings. The Morgan fingerprint density at radius 3 is 2.62 bits per heavy atom. The highest BCUT2D eigenvalue weighted by molar-refractivity contribution is 6.18. The van der Waals surface area contributed by atoms with Crippen molar-refractivity contribution >= 4 is 17.3 Å². The maximum absolute atomic E-state index is 5.66. The van der Waals surface area contributed by atoms with Gasteiger partial charge < -0.3 is 5.32 Å². The third-order valence-electron chi connectivity index (χ3n) is 1.79. The van der Waals surface area contributed by atoms with Crippen molar-refractivity contribution in [1.29, 1.82) is 0 Å². The highest BCUT2D eigenvalue weighted by Gasteiger charge is 1.94. The average molecular weight is 196 g/mol. The molecule has 70 valence electrons. The molecule has 2 heteroatoms. The summed E-state index contributed by atoms with van der Waals surface area (Å²) in [6.07, 6.45) is 2.93. The first kappa shape index (κ1) is 10.1. The summed E-state index contributed by atoms with van der Waals surface area (Å²) in [7, 11) is 0. The highest BCUT2D eigenvalue weighted by Crippen LogP contribution is 2.11. The quantitative estimate of drug-likeness (QED) is 0.724. The maximum atomic E-state index is 5.66. The van der Waals surface area contributed by atoms with Gasteiger partial charge in [-0.2, -0.15) is 0 Å². The SMILES string of the molecule is C/C=C(\CCCl)Nc1ccccc1. The summed E-state index contributed by atoms with van der Waals surface area (Å²) < 4.78 is 0. The predicted octanol–water partition coefficient (Wildman–Crippen LogP) is 3.63. The van der Waals surface area contributed by atoms with Gasteiger partial charge in [-0.05, 0) is 19.1 Å². The third-order valence-corrected chi connectivity index (χ3v) is 1.98. The zero-order valence-electron chi connectivity index (χ0n) is 7.76. The molecule has 1 N–H and O–H groups in total. The molecule has 0 aromatic heterocycles. The van der Waals surface area contributed by atoms with E-state index in [0.29, 0.717) is 5.88 Å². The second kappa shape index (κ2) is 5.65. The largest absolute Gasteiger partial charge is 0.359 e. The number of alkyl halides is 1. The van der Waals surface area contributed by atoms with Crippen molar-refractivity contribution in [2.45, 2.75) is 13.3 Å². The van der Waals surface area contributed by atoms with Gasteiger partial charge in [-0.3, -0.25) is 0 Å². The fourth-order valence-electron chi connectivity index (χ4n) is 1.09. The second-order valence-electron chi connectivity index (χ2n) is 2.74. The number of nitrogens with one attached hydrogen (secondary N) is 1. The summed E-state index contributed by atoms with van der Waals surface area (Å²) in [5, 5.41) is 3.31. The van der Waals surface area contributed by atoms with Crippen LogP contribution in [0.25, 0.3) is 0 Å². The van der Waals surface area contributed by atoms with Crippen LogP contribution in [0.3, 0.4) is 0 Å². The van der Waals surface area contributed by atoms with E-state index < -0.39 is 0 Å². The minimum Gasteiger partial charge on any atom is -0.359 e. The van der Waals surface area contributed by atoms with Crippen LogP contribution in [0.1, 0.15) is 13.3 Å². The summed E-state index contributed by atoms with van der Waals surface area (Å²) in [5.74, 6) is 0.652. The molecule has 0 saturated carbocycles. The van der Waals surface area contributed by atoms with Gasteiger partial charge in [0.2, 0.25) is 0 Å². The number of hydrogen-bond donors (Lipinski definition) is 1. The molecule has 0 spiro atoms. The number of benzene rings is 1. The molecule has 0 unspecified atom stereocenters. The van der Waals surface area contributed by atoms with Gasteiger partial charge in [0.15, 0.2) is 0 Å². The molecule has 1 aromatic rings. The van der Waals surface area contributed by atoms with Crippen LogP contribution in [-0.2, 0) is 0 Å². The lowest BCUT2D eigenvalue weighted by Gasteiger charge is -2.08. The van der Waals surface area contributed by atoms with Crippen LogP contribution in [0, 0.1) is 0 Å². The molecule has 0 atom stereocenters. The fourth-order valence-corrected chi connectivity index (χ4v) is 1.29. The average Bonchev–Trinajstić information content (AvgIpc) is 2.19. The molecule has 0 aliphatic rings. The summed E-state index contributed by atoms with van der Waals surface area (Å²) in [6, 6.07) is 10.1. The fraction of sp³-hybridized carbons (Fsp3) is 0.273. The summed E-state index contributed by atoms with van der Waals surface area (Å²) in [6.45, 7) is 2.01. The zero-order valence-corrected chi connectivity index (χ0v) is 8.51. The van der Waals surface area contributed by atoms with E-state index in [9.17, 15) is 0 Å². The van der Waals surface area contributed by atoms with E-state index in [1.807, 2.05) is 37.3 Å². The van der Waals surface area contributed by atoms with E-state index in [0.717, 1.165) is 12.1 Å². The molecular weight excluding hydrogens is 182 g/mol. The van der Waals surface area contributed by atoms with Gasteiger partial charge in [0.25, 0.3) is 0 Å². The molecule has 0 heterocycles. The molecule has 0 bridgehead atoms. The van der Waals surface area contributed by atoms with E-state index in [1.165, 1.54) is 5.70 Å². The molecule has 1 aromatic carbocycles. The van der Waals surface area contributed by atoms with Gasteiger partial charge in [-0.1, -0.05) is 24.3 Å². The van der Waals surface area contributed by atoms with Crippen LogP contribution < -0.4 is 5.32 Å². The lowest BCUT2D eigenvalue weighted by molar-refractivity contribution is 1.11. The Bertz CT molecular complexity index is 267. The number of allylic oxidation sites excluding steroid dienone is 2. The highest BCUT2D eigenvalue weighted by atomic mass is 35.5. The van der Waals surface area contributed by atoms with Crippen molar-refractivity contribution in [3.63, 3.8) is 0 Å². The number of rotatable bonds is 4. The van der Waals surface area contributed by atoms with Gasteiger partial charge >= 0.3 is 0 Å². The molecule has 1 rings (SSSR count). The first-order chi connectivity index (χ1) is 6.36. The van der Waals surface area contributed by atoms with E-state index in [2.05, 4.69) is 11.4 Å². The minimum atomic E-state index is 0.652. The first-order valence-corrected chi connectivity index (χ1v) is 4.93. The van der Waals surface area contributed by atoms with Crippen molar-refractivity contribution in [1.82, 2.24) is 0 Å². The van der Waals surface area contributed by atoms with Crippen LogP contribution in [-0.4, -0.2) is 5.88 Å². The Balaban J connectivity index is 2.58. The Kier molecular flexibility index (Phi) is 4.41. The van der Waals surface area contributed by atoms with Crippen molar-refractivity contribution in [3.05, 3.63) is 42.1 Å². The first-order valence-electron chi connectivity index (χ1n) is 4.40. The van der Waals surface area contributed by atoms with Crippen LogP contribution in [0.15, 0.2) is 42.1 Å². The molecule has 1 nitrogen and oxygen atoms in total. The predicted molar refractivity (Wildman–Crippen MR) is 59.2 cm³/mol. The summed E-state index contributed by atoms with van der Waals surface area (Å²) in [4.78, 5) is 0. The van der Waals surface area contributed by atoms with Crippen LogP contribution >= 0.6 is 11.6 Å². The molecule has 13 heavy (non-hydrogen) atoms. The molecule has 0 saturated heterocycles. The normalized spacial score (nSPS) is 11.4. The second-order valence-corrected chi connectivity index (χ2v) is 3.12. The van der Waals surface area contributed by atoms with Crippen molar-refractivity contribution in [2.24, 2.45) is 0 Å². The van der Waals surface area contributed by atoms with E-state index in [1.54, 1.807) is 0 Å². The third kappa shape index (κ3) is 3.51. The molecule has 0 amide bonds. The lowest BCUT2D eigenvalue weighted by atomic mass is 10.2. The summed E-state index contributed by atoms with van der Waals surface area (Å²) >= 11 is 5.66. The van der Waals surface area contributed by atoms with Crippen LogP contribution in [0.4, 0.5) is 5.69 Å². The van der Waals surface area contributed by atoms with E-state index >= 15 is 0 Å². The summed E-state index contributed by atoms with van der Waals surface area (Å²) in [5.41, 5.74) is 2.28. The lowest BCUT2D eigenvalue weighted by Crippen LogP contribution is -1.99. The van der Waals surface area contributed by atoms with E-state index in [4.69, 9.17) is 11.6 Å². The molecule has 0 radical (unpaired) electrons. The number of halogens is 1. The zero-order chi connectivity index (χ0) is 9.52. The standard InChI is InChI=1S/C11H14ClN/c1-2-10(8-9-12)13-11-6-4-3-5-7-11/h2-7,13H,8-9H2,1H3/b10-2+. The molecule has 0 aliphatic heterocycles. The Labute approximate surface area is 84.4 Å². The van der Waals surface area contributed by atoms with Gasteiger partial charge in [0.1, 0.15) is 0 Å². The minimum absolute atomic E-state index is 0.652. The van der Waals surface area contributed by atoms with Crippen LogP contribution in [0.5, 0.6) is 0 Å². The van der Waals surface area contributed by atoms with Crippen molar-refractivity contribution in [2.75, 3.05) is 11.2 Å². The Hall–Kier alpha value is -0.950.